The lowest BCUT2D eigenvalue weighted by Gasteiger charge is -2.16. The van der Waals surface area contributed by atoms with E-state index in [2.05, 4.69) is 10.6 Å². The van der Waals surface area contributed by atoms with Gasteiger partial charge in [0.2, 0.25) is 0 Å². The molecule has 0 saturated heterocycles. The van der Waals surface area contributed by atoms with Crippen LogP contribution >= 0.6 is 11.6 Å². The molecule has 4 rings (SSSR count). The van der Waals surface area contributed by atoms with Crippen molar-refractivity contribution in [2.45, 2.75) is 20.8 Å². The van der Waals surface area contributed by atoms with Crippen LogP contribution < -0.4 is 15.5 Å². The molecule has 9 heteroatoms. The summed E-state index contributed by atoms with van der Waals surface area (Å²) in [4.78, 5) is 51.6. The molecule has 1 aliphatic rings. The van der Waals surface area contributed by atoms with E-state index >= 15 is 0 Å². The summed E-state index contributed by atoms with van der Waals surface area (Å²) in [5, 5.41) is 5.41. The molecule has 37 heavy (non-hydrogen) atoms. The summed E-state index contributed by atoms with van der Waals surface area (Å²) in [6.45, 7) is 5.75. The van der Waals surface area contributed by atoms with E-state index in [9.17, 15) is 19.2 Å². The summed E-state index contributed by atoms with van der Waals surface area (Å²) in [6.07, 6.45) is 0. The zero-order valence-corrected chi connectivity index (χ0v) is 21.2. The highest BCUT2D eigenvalue weighted by Crippen LogP contribution is 2.31. The van der Waals surface area contributed by atoms with E-state index in [0.29, 0.717) is 28.2 Å². The summed E-state index contributed by atoms with van der Waals surface area (Å²) < 4.78 is 4.96. The zero-order chi connectivity index (χ0) is 26.7. The van der Waals surface area contributed by atoms with Crippen molar-refractivity contribution in [3.05, 3.63) is 99.7 Å². The number of halogens is 1. The Bertz CT molecular complexity index is 1430. The molecule has 0 spiro atoms. The highest BCUT2D eigenvalue weighted by molar-refractivity contribution is 6.53. The third-order valence-electron chi connectivity index (χ3n) is 5.54. The number of aryl methyl sites for hydroxylation is 2. The first-order valence-corrected chi connectivity index (χ1v) is 11.9. The maximum atomic E-state index is 13.1. The number of ether oxygens (including phenoxy) is 1. The maximum Gasteiger partial charge on any atom is 0.338 e. The Morgan fingerprint density at radius 3 is 2.19 bits per heavy atom. The monoisotopic (exact) mass is 517 g/mol. The van der Waals surface area contributed by atoms with E-state index in [-0.39, 0.29) is 17.3 Å². The molecule has 8 nitrogen and oxygen atoms in total. The minimum absolute atomic E-state index is 0.0714. The molecule has 3 aromatic rings. The highest BCUT2D eigenvalue weighted by atomic mass is 35.5. The number of carbonyl (C=O) groups is 4. The van der Waals surface area contributed by atoms with Crippen LogP contribution in [0.25, 0.3) is 0 Å². The first-order chi connectivity index (χ1) is 17.7. The summed E-state index contributed by atoms with van der Waals surface area (Å²) in [5.41, 5.74) is 3.75. The van der Waals surface area contributed by atoms with Crippen LogP contribution in [0.2, 0.25) is 0 Å². The van der Waals surface area contributed by atoms with Gasteiger partial charge in [-0.3, -0.25) is 14.4 Å². The fourth-order valence-electron chi connectivity index (χ4n) is 3.92. The van der Waals surface area contributed by atoms with Gasteiger partial charge in [-0.15, -0.1) is 0 Å². The number of nitrogens with one attached hydrogen (secondary N) is 2. The second-order valence-corrected chi connectivity index (χ2v) is 8.82. The van der Waals surface area contributed by atoms with Gasteiger partial charge in [-0.1, -0.05) is 23.7 Å². The third-order valence-corrected chi connectivity index (χ3v) is 5.89. The average Bonchev–Trinajstić information content (AvgIpc) is 3.07. The molecule has 0 saturated carbocycles. The molecule has 0 aliphatic carbocycles. The van der Waals surface area contributed by atoms with Gasteiger partial charge in [0.15, 0.2) is 0 Å². The molecule has 3 aromatic carbocycles. The van der Waals surface area contributed by atoms with Crippen LogP contribution in [0.1, 0.15) is 38.8 Å². The highest BCUT2D eigenvalue weighted by Gasteiger charge is 2.39. The summed E-state index contributed by atoms with van der Waals surface area (Å²) in [7, 11) is 0. The zero-order valence-electron chi connectivity index (χ0n) is 20.4. The lowest BCUT2D eigenvalue weighted by atomic mass is 10.1. The first-order valence-electron chi connectivity index (χ1n) is 11.5. The second kappa shape index (κ2) is 10.7. The molecular formula is C28H24ClN3O5. The molecule has 0 radical (unpaired) electrons. The minimum atomic E-state index is -0.626. The average molecular weight is 518 g/mol. The maximum absolute atomic E-state index is 13.1. The molecule has 0 aromatic heterocycles. The first kappa shape index (κ1) is 25.7. The molecule has 1 heterocycles. The second-order valence-electron chi connectivity index (χ2n) is 8.44. The Kier molecular flexibility index (Phi) is 7.40. The van der Waals surface area contributed by atoms with Crippen molar-refractivity contribution in [3.63, 3.8) is 0 Å². The molecule has 0 fully saturated rings. The smallest absolute Gasteiger partial charge is 0.338 e. The number of rotatable bonds is 7. The van der Waals surface area contributed by atoms with Crippen LogP contribution in [0.15, 0.2) is 77.5 Å². The van der Waals surface area contributed by atoms with Crippen LogP contribution in [-0.2, 0) is 14.3 Å². The van der Waals surface area contributed by atoms with Crippen molar-refractivity contribution in [2.24, 2.45) is 0 Å². The van der Waals surface area contributed by atoms with Gasteiger partial charge in [0, 0.05) is 16.9 Å². The van der Waals surface area contributed by atoms with Crippen molar-refractivity contribution >= 4 is 52.4 Å². The Hall–Kier alpha value is -4.43. The van der Waals surface area contributed by atoms with Crippen molar-refractivity contribution in [2.75, 3.05) is 22.1 Å². The predicted molar refractivity (Wildman–Crippen MR) is 142 cm³/mol. The molecule has 2 N–H and O–H groups in total. The number of anilines is 3. The van der Waals surface area contributed by atoms with E-state index in [1.54, 1.807) is 61.5 Å². The van der Waals surface area contributed by atoms with Crippen LogP contribution in [-0.4, -0.2) is 30.3 Å². The van der Waals surface area contributed by atoms with Crippen LogP contribution in [0.5, 0.6) is 0 Å². The lowest BCUT2D eigenvalue weighted by molar-refractivity contribution is -0.120. The number of amides is 3. The van der Waals surface area contributed by atoms with E-state index in [0.717, 1.165) is 16.0 Å². The fraction of sp³-hybridized carbons (Fsp3) is 0.143. The van der Waals surface area contributed by atoms with Crippen molar-refractivity contribution < 1.29 is 23.9 Å². The van der Waals surface area contributed by atoms with Crippen molar-refractivity contribution in [1.82, 2.24) is 0 Å². The SMILES string of the molecule is CCOC(=O)c1ccc(NC(=O)c2cccc(NC3=C(Cl)C(=O)N(c4cc(C)cc(C)c4)C3=O)c2)cc1. The number of hydrogen-bond donors (Lipinski definition) is 2. The predicted octanol–water partition coefficient (Wildman–Crippen LogP) is 5.17. The van der Waals surface area contributed by atoms with E-state index in [4.69, 9.17) is 16.3 Å². The summed E-state index contributed by atoms with van der Waals surface area (Å²) in [6, 6.07) is 18.2. The number of carbonyl (C=O) groups excluding carboxylic acids is 4. The van der Waals surface area contributed by atoms with Gasteiger partial charge in [0.05, 0.1) is 17.9 Å². The van der Waals surface area contributed by atoms with Crippen molar-refractivity contribution in [3.8, 4) is 0 Å². The lowest BCUT2D eigenvalue weighted by Crippen LogP contribution is -2.32. The summed E-state index contributed by atoms with van der Waals surface area (Å²) in [5.74, 6) is -2.06. The van der Waals surface area contributed by atoms with E-state index in [1.807, 2.05) is 19.9 Å². The largest absolute Gasteiger partial charge is 0.462 e. The number of hydrogen-bond acceptors (Lipinski definition) is 6. The standard InChI is InChI=1S/C28H24ClN3O5/c1-4-37-28(36)18-8-10-20(11-9-18)31-25(33)19-6-5-7-21(15-19)30-24-23(29)26(34)32(27(24)35)22-13-16(2)12-17(3)14-22/h5-15,30H,4H2,1-3H3,(H,31,33). The number of benzene rings is 3. The van der Waals surface area contributed by atoms with Gasteiger partial charge in [-0.25, -0.2) is 9.69 Å². The minimum Gasteiger partial charge on any atom is -0.462 e. The van der Waals surface area contributed by atoms with Crippen LogP contribution in [0.3, 0.4) is 0 Å². The Labute approximate surface area is 218 Å². The third kappa shape index (κ3) is 5.54. The fourth-order valence-corrected chi connectivity index (χ4v) is 4.13. The van der Waals surface area contributed by atoms with Crippen LogP contribution in [0, 0.1) is 13.8 Å². The molecular weight excluding hydrogens is 494 g/mol. The van der Waals surface area contributed by atoms with Gasteiger partial charge >= 0.3 is 5.97 Å². The normalized spacial score (nSPS) is 13.1. The Balaban J connectivity index is 1.49. The van der Waals surface area contributed by atoms with Crippen LogP contribution in [0.4, 0.5) is 17.1 Å². The molecule has 3 amide bonds. The van der Waals surface area contributed by atoms with Gasteiger partial charge in [0.25, 0.3) is 17.7 Å². The quantitative estimate of drug-likeness (QED) is 0.331. The molecule has 188 valence electrons. The van der Waals surface area contributed by atoms with Gasteiger partial charge in [-0.05, 0) is 86.5 Å². The van der Waals surface area contributed by atoms with E-state index in [1.165, 1.54) is 6.07 Å². The van der Waals surface area contributed by atoms with Gasteiger partial charge in [0.1, 0.15) is 10.7 Å². The van der Waals surface area contributed by atoms with Gasteiger partial charge in [-0.2, -0.15) is 0 Å². The number of imide groups is 1. The number of nitrogens with zero attached hydrogens (tertiary/aromatic N) is 1. The molecule has 0 unspecified atom stereocenters. The molecule has 0 bridgehead atoms. The van der Waals surface area contributed by atoms with Gasteiger partial charge < -0.3 is 15.4 Å². The Morgan fingerprint density at radius 2 is 1.54 bits per heavy atom. The number of esters is 1. The van der Waals surface area contributed by atoms with E-state index < -0.39 is 23.7 Å². The Morgan fingerprint density at radius 1 is 0.865 bits per heavy atom. The molecule has 0 atom stereocenters. The van der Waals surface area contributed by atoms with Crippen molar-refractivity contribution in [1.29, 1.82) is 0 Å². The summed E-state index contributed by atoms with van der Waals surface area (Å²) >= 11 is 6.25. The molecule has 1 aliphatic heterocycles. The topological polar surface area (TPSA) is 105 Å².